The fourth-order valence-electron chi connectivity index (χ4n) is 1.86. The molecule has 0 aromatic heterocycles. The van der Waals surface area contributed by atoms with Crippen LogP contribution in [0.25, 0.3) is 6.08 Å². The van der Waals surface area contributed by atoms with Gasteiger partial charge in [-0.1, -0.05) is 18.2 Å². The van der Waals surface area contributed by atoms with Crippen LogP contribution in [-0.4, -0.2) is 15.0 Å². The monoisotopic (exact) mass is 223 g/mol. The third-order valence-electron chi connectivity index (χ3n) is 2.59. The van der Waals surface area contributed by atoms with Gasteiger partial charge in [0.2, 0.25) is 9.84 Å². The fourth-order valence-corrected chi connectivity index (χ4v) is 3.41. The Hall–Kier alpha value is -1.13. The summed E-state index contributed by atoms with van der Waals surface area (Å²) in [6, 6.07) is 5.52. The summed E-state index contributed by atoms with van der Waals surface area (Å²) in [6.07, 6.45) is 2.31. The standard InChI is InChI=1S/C11H13NO2S/c1-8-7-10-4-2-3-9(5-6-12)11(10)15(8,13)14/h2-4,7H,5-6,12H2,1H3. The third kappa shape index (κ3) is 1.50. The van der Waals surface area contributed by atoms with Gasteiger partial charge in [-0.05, 0) is 37.1 Å². The van der Waals surface area contributed by atoms with Crippen LogP contribution in [0.15, 0.2) is 28.0 Å². The number of allylic oxidation sites excluding steroid dienone is 1. The van der Waals surface area contributed by atoms with Gasteiger partial charge in [-0.2, -0.15) is 0 Å². The lowest BCUT2D eigenvalue weighted by molar-refractivity contribution is 0.602. The Morgan fingerprint density at radius 3 is 2.73 bits per heavy atom. The first-order valence-electron chi connectivity index (χ1n) is 4.82. The lowest BCUT2D eigenvalue weighted by atomic mass is 10.1. The molecule has 0 amide bonds. The Bertz CT molecular complexity index is 530. The van der Waals surface area contributed by atoms with Crippen LogP contribution in [-0.2, 0) is 16.3 Å². The van der Waals surface area contributed by atoms with Crippen LogP contribution in [0.5, 0.6) is 0 Å². The summed E-state index contributed by atoms with van der Waals surface area (Å²) in [5.41, 5.74) is 7.08. The van der Waals surface area contributed by atoms with Gasteiger partial charge in [0, 0.05) is 4.91 Å². The average molecular weight is 223 g/mol. The fraction of sp³-hybridized carbons (Fsp3) is 0.273. The first kappa shape index (κ1) is 10.4. The zero-order chi connectivity index (χ0) is 11.1. The Morgan fingerprint density at radius 2 is 2.07 bits per heavy atom. The molecule has 15 heavy (non-hydrogen) atoms. The topological polar surface area (TPSA) is 60.2 Å². The van der Waals surface area contributed by atoms with Crippen LogP contribution in [0.2, 0.25) is 0 Å². The van der Waals surface area contributed by atoms with Crippen LogP contribution < -0.4 is 5.73 Å². The van der Waals surface area contributed by atoms with Crippen molar-refractivity contribution in [3.63, 3.8) is 0 Å². The molecule has 1 aromatic carbocycles. The predicted octanol–water partition coefficient (Wildman–Crippen LogP) is 1.34. The van der Waals surface area contributed by atoms with Gasteiger partial charge in [-0.25, -0.2) is 8.42 Å². The van der Waals surface area contributed by atoms with E-state index in [4.69, 9.17) is 5.73 Å². The molecular formula is C11H13NO2S. The Labute approximate surface area is 89.5 Å². The molecule has 80 valence electrons. The largest absolute Gasteiger partial charge is 0.330 e. The first-order chi connectivity index (χ1) is 7.07. The smallest absolute Gasteiger partial charge is 0.203 e. The number of fused-ring (bicyclic) bond motifs is 1. The summed E-state index contributed by atoms with van der Waals surface area (Å²) in [6.45, 7) is 2.09. The number of nitrogens with two attached hydrogens (primary N) is 1. The minimum Gasteiger partial charge on any atom is -0.330 e. The van der Waals surface area contributed by atoms with E-state index in [0.717, 1.165) is 11.1 Å². The zero-order valence-electron chi connectivity index (χ0n) is 8.53. The molecule has 0 fully saturated rings. The van der Waals surface area contributed by atoms with Crippen molar-refractivity contribution in [2.45, 2.75) is 18.2 Å². The highest BCUT2D eigenvalue weighted by Crippen LogP contribution is 2.34. The van der Waals surface area contributed by atoms with E-state index in [1.54, 1.807) is 13.0 Å². The van der Waals surface area contributed by atoms with Crippen LogP contribution in [0, 0.1) is 0 Å². The van der Waals surface area contributed by atoms with Crippen molar-refractivity contribution in [3.05, 3.63) is 34.2 Å². The minimum absolute atomic E-state index is 0.418. The summed E-state index contributed by atoms with van der Waals surface area (Å²) in [5, 5.41) is 0. The van der Waals surface area contributed by atoms with E-state index >= 15 is 0 Å². The van der Waals surface area contributed by atoms with Gasteiger partial charge in [-0.15, -0.1) is 0 Å². The number of rotatable bonds is 2. The molecule has 0 saturated carbocycles. The number of sulfone groups is 1. The second-order valence-electron chi connectivity index (χ2n) is 3.63. The van der Waals surface area contributed by atoms with Gasteiger partial charge in [0.05, 0.1) is 4.90 Å². The van der Waals surface area contributed by atoms with Gasteiger partial charge in [0.1, 0.15) is 0 Å². The van der Waals surface area contributed by atoms with E-state index < -0.39 is 9.84 Å². The molecule has 2 rings (SSSR count). The van der Waals surface area contributed by atoms with E-state index in [2.05, 4.69) is 0 Å². The summed E-state index contributed by atoms with van der Waals surface area (Å²) < 4.78 is 23.9. The maximum absolute atomic E-state index is 12.0. The molecule has 1 heterocycles. The van der Waals surface area contributed by atoms with Gasteiger partial charge in [-0.3, -0.25) is 0 Å². The maximum Gasteiger partial charge on any atom is 0.203 e. The summed E-state index contributed by atoms with van der Waals surface area (Å²) in [5.74, 6) is 0. The molecule has 0 unspecified atom stereocenters. The molecule has 1 aliphatic rings. The predicted molar refractivity (Wildman–Crippen MR) is 60.0 cm³/mol. The second-order valence-corrected chi connectivity index (χ2v) is 5.69. The molecule has 0 aliphatic carbocycles. The van der Waals surface area contributed by atoms with Gasteiger partial charge in [0.15, 0.2) is 0 Å². The van der Waals surface area contributed by atoms with Gasteiger partial charge >= 0.3 is 0 Å². The Balaban J connectivity index is 2.68. The molecule has 1 aliphatic heterocycles. The molecule has 1 aromatic rings. The quantitative estimate of drug-likeness (QED) is 0.823. The molecule has 0 bridgehead atoms. The zero-order valence-corrected chi connectivity index (χ0v) is 9.34. The molecule has 3 nitrogen and oxygen atoms in total. The van der Waals surface area contributed by atoms with Crippen molar-refractivity contribution >= 4 is 15.9 Å². The van der Waals surface area contributed by atoms with Gasteiger partial charge in [0.25, 0.3) is 0 Å². The summed E-state index contributed by atoms with van der Waals surface area (Å²) in [7, 11) is -3.23. The molecule has 0 atom stereocenters. The highest BCUT2D eigenvalue weighted by Gasteiger charge is 2.28. The summed E-state index contributed by atoms with van der Waals surface area (Å²) >= 11 is 0. The van der Waals surface area contributed by atoms with Crippen molar-refractivity contribution < 1.29 is 8.42 Å². The van der Waals surface area contributed by atoms with Gasteiger partial charge < -0.3 is 5.73 Å². The van der Waals surface area contributed by atoms with Crippen LogP contribution in [0.1, 0.15) is 18.1 Å². The SMILES string of the molecule is CC1=Cc2cccc(CCN)c2S1(=O)=O. The van der Waals surface area contributed by atoms with E-state index in [9.17, 15) is 8.42 Å². The minimum atomic E-state index is -3.23. The highest BCUT2D eigenvalue weighted by molar-refractivity contribution is 7.95. The lowest BCUT2D eigenvalue weighted by Crippen LogP contribution is -2.08. The third-order valence-corrected chi connectivity index (χ3v) is 4.59. The van der Waals surface area contributed by atoms with Crippen molar-refractivity contribution in [2.24, 2.45) is 5.73 Å². The first-order valence-corrected chi connectivity index (χ1v) is 6.31. The second kappa shape index (κ2) is 3.47. The Morgan fingerprint density at radius 1 is 1.33 bits per heavy atom. The maximum atomic E-state index is 12.0. The number of hydrogen-bond acceptors (Lipinski definition) is 3. The van der Waals surface area contributed by atoms with Crippen LogP contribution >= 0.6 is 0 Å². The van der Waals surface area contributed by atoms with Crippen molar-refractivity contribution in [1.82, 2.24) is 0 Å². The summed E-state index contributed by atoms with van der Waals surface area (Å²) in [4.78, 5) is 0.870. The van der Waals surface area contributed by atoms with Crippen molar-refractivity contribution in [1.29, 1.82) is 0 Å². The highest BCUT2D eigenvalue weighted by atomic mass is 32.2. The lowest BCUT2D eigenvalue weighted by Gasteiger charge is -2.06. The molecule has 0 saturated heterocycles. The average Bonchev–Trinajstić information content (AvgIpc) is 2.39. The number of benzene rings is 1. The van der Waals surface area contributed by atoms with Crippen molar-refractivity contribution in [2.75, 3.05) is 6.54 Å². The van der Waals surface area contributed by atoms with Crippen LogP contribution in [0.4, 0.5) is 0 Å². The molecule has 4 heteroatoms. The molecule has 0 spiro atoms. The van der Waals surface area contributed by atoms with E-state index in [-0.39, 0.29) is 0 Å². The van der Waals surface area contributed by atoms with Crippen LogP contribution in [0.3, 0.4) is 0 Å². The van der Waals surface area contributed by atoms with E-state index in [0.29, 0.717) is 22.8 Å². The van der Waals surface area contributed by atoms with Crippen molar-refractivity contribution in [3.8, 4) is 0 Å². The molecule has 2 N–H and O–H groups in total. The molecule has 0 radical (unpaired) electrons. The Kier molecular flexibility index (Phi) is 2.40. The van der Waals surface area contributed by atoms with E-state index in [1.807, 2.05) is 18.2 Å². The normalized spacial score (nSPS) is 17.3. The molecular weight excluding hydrogens is 210 g/mol. The van der Waals surface area contributed by atoms with E-state index in [1.165, 1.54) is 0 Å². The number of hydrogen-bond donors (Lipinski definition) is 1.